The average molecular weight is 745 g/mol. The molecule has 2 saturated heterocycles. The highest BCUT2D eigenvalue weighted by Crippen LogP contribution is 2.36. The van der Waals surface area contributed by atoms with Crippen molar-refractivity contribution in [2.45, 2.75) is 217 Å². The van der Waals surface area contributed by atoms with E-state index in [9.17, 15) is 4.79 Å². The van der Waals surface area contributed by atoms with Crippen LogP contribution in [0.1, 0.15) is 174 Å². The van der Waals surface area contributed by atoms with Crippen LogP contribution < -0.4 is 0 Å². The number of hydrogen-bond donors (Lipinski definition) is 0. The quantitative estimate of drug-likeness (QED) is 0.0350. The van der Waals surface area contributed by atoms with Crippen LogP contribution in [-0.2, 0) is 47.4 Å². The fourth-order valence-electron chi connectivity index (χ4n) is 7.79. The number of carbonyl (C=O) groups excluding carboxylic acids is 1. The Kier molecular flexibility index (Phi) is 29.5. The lowest BCUT2D eigenvalue weighted by Gasteiger charge is -2.27. The molecule has 2 heterocycles. The van der Waals surface area contributed by atoms with Crippen molar-refractivity contribution in [3.8, 4) is 0 Å². The van der Waals surface area contributed by atoms with Crippen molar-refractivity contribution in [2.75, 3.05) is 48.3 Å². The first-order valence-electron chi connectivity index (χ1n) is 21.3. The molecule has 0 aromatic heterocycles. The normalized spacial score (nSPS) is 22.2. The molecule has 10 nitrogen and oxygen atoms in total. The fourth-order valence-corrected chi connectivity index (χ4v) is 7.79. The molecule has 10 heteroatoms. The van der Waals surface area contributed by atoms with Crippen LogP contribution in [-0.4, -0.2) is 97.0 Å². The van der Waals surface area contributed by atoms with Crippen molar-refractivity contribution < 1.29 is 47.4 Å². The van der Waals surface area contributed by atoms with Gasteiger partial charge in [0, 0.05) is 27.8 Å². The van der Waals surface area contributed by atoms with Gasteiger partial charge in [-0.25, -0.2) is 0 Å². The summed E-state index contributed by atoms with van der Waals surface area (Å²) in [5, 5.41) is 0. The molecule has 0 bridgehead atoms. The largest absolute Gasteiger partial charge is 0.466 e. The maximum absolute atomic E-state index is 11.5. The molecule has 7 atom stereocenters. The van der Waals surface area contributed by atoms with E-state index in [1.807, 2.05) is 6.92 Å². The van der Waals surface area contributed by atoms with E-state index in [0.29, 0.717) is 26.6 Å². The molecular weight excluding hydrogens is 664 g/mol. The van der Waals surface area contributed by atoms with Crippen molar-refractivity contribution in [1.29, 1.82) is 0 Å². The molecule has 308 valence electrons. The zero-order valence-corrected chi connectivity index (χ0v) is 34.1. The highest BCUT2D eigenvalue weighted by Gasteiger charge is 2.41. The second kappa shape index (κ2) is 32.4. The standard InChI is InChI=1S/C42H80O10/c1-6-8-9-10-11-12-16-19-25-36(49-33-45-4)38-28-30-40(51-38)41-31-29-39(52-41)37(50-34-46-5)26-22-21-24-35(48-32-44-3)23-18-15-13-14-17-20-27-42(43)47-7-2/h35-41H,6-34H2,1-5H3/t35-,36+,37+,38+,39+,40+,41+/m0/s1. The Morgan fingerprint density at radius 2 is 0.962 bits per heavy atom. The summed E-state index contributed by atoms with van der Waals surface area (Å²) in [4.78, 5) is 11.5. The van der Waals surface area contributed by atoms with Crippen LogP contribution in [0.4, 0.5) is 0 Å². The Balaban J connectivity index is 1.72. The van der Waals surface area contributed by atoms with Gasteiger partial charge in [0.25, 0.3) is 0 Å². The van der Waals surface area contributed by atoms with Crippen molar-refractivity contribution >= 4 is 5.97 Å². The van der Waals surface area contributed by atoms with Crippen molar-refractivity contribution in [1.82, 2.24) is 0 Å². The summed E-state index contributed by atoms with van der Waals surface area (Å²) < 4.78 is 52.6. The SMILES string of the molecule is CCCCCCCCCC[C@@H](OCOC)[C@H]1CC[C@H]([C@H]2CC[C@H]([C@@H](CCCC[C@H](CCCCCCCCC(=O)OCC)OCOC)OCOC)O2)O1. The number of rotatable bonds is 36. The van der Waals surface area contributed by atoms with Gasteiger partial charge in [0.1, 0.15) is 20.4 Å². The third-order valence-electron chi connectivity index (χ3n) is 10.7. The summed E-state index contributed by atoms with van der Waals surface area (Å²) >= 11 is 0. The van der Waals surface area contributed by atoms with E-state index in [1.54, 1.807) is 21.3 Å². The Labute approximate surface area is 318 Å². The molecule has 0 aromatic rings. The molecule has 2 aliphatic rings. The first-order valence-corrected chi connectivity index (χ1v) is 21.3. The first-order chi connectivity index (χ1) is 25.6. The minimum absolute atomic E-state index is 0.00378. The summed E-state index contributed by atoms with van der Waals surface area (Å²) in [6.45, 7) is 5.51. The van der Waals surface area contributed by atoms with E-state index in [4.69, 9.17) is 42.6 Å². The molecule has 0 spiro atoms. The van der Waals surface area contributed by atoms with E-state index in [0.717, 1.165) is 89.9 Å². The Bertz CT molecular complexity index is 816. The molecule has 0 unspecified atom stereocenters. The number of esters is 1. The smallest absolute Gasteiger partial charge is 0.305 e. The summed E-state index contributed by atoms with van der Waals surface area (Å²) in [5.74, 6) is -0.0770. The van der Waals surface area contributed by atoms with Gasteiger partial charge < -0.3 is 42.6 Å². The van der Waals surface area contributed by atoms with Gasteiger partial charge in [-0.2, -0.15) is 0 Å². The lowest BCUT2D eigenvalue weighted by molar-refractivity contribution is -0.158. The van der Waals surface area contributed by atoms with Gasteiger partial charge in [-0.15, -0.1) is 0 Å². The maximum atomic E-state index is 11.5. The Morgan fingerprint density at radius 1 is 0.538 bits per heavy atom. The summed E-state index contributed by atoms with van der Waals surface area (Å²) in [5.41, 5.74) is 0. The average Bonchev–Trinajstić information content (AvgIpc) is 3.84. The zero-order chi connectivity index (χ0) is 37.5. The van der Waals surface area contributed by atoms with E-state index in [1.165, 1.54) is 64.2 Å². The van der Waals surface area contributed by atoms with Crippen LogP contribution in [0.3, 0.4) is 0 Å². The van der Waals surface area contributed by atoms with Crippen molar-refractivity contribution in [3.05, 3.63) is 0 Å². The second-order valence-corrected chi connectivity index (χ2v) is 15.0. The predicted octanol–water partition coefficient (Wildman–Crippen LogP) is 9.82. The molecule has 0 radical (unpaired) electrons. The summed E-state index contributed by atoms with van der Waals surface area (Å²) in [6, 6.07) is 0. The number of ether oxygens (including phenoxy) is 9. The van der Waals surface area contributed by atoms with Crippen LogP contribution in [0.2, 0.25) is 0 Å². The number of unbranched alkanes of at least 4 members (excludes halogenated alkanes) is 13. The number of hydrogen-bond acceptors (Lipinski definition) is 10. The predicted molar refractivity (Wildman–Crippen MR) is 205 cm³/mol. The molecule has 52 heavy (non-hydrogen) atoms. The summed E-state index contributed by atoms with van der Waals surface area (Å²) in [7, 11) is 5.05. The van der Waals surface area contributed by atoms with E-state index in [2.05, 4.69) is 6.92 Å². The number of methoxy groups -OCH3 is 3. The van der Waals surface area contributed by atoms with Gasteiger partial charge in [-0.1, -0.05) is 103 Å². The Morgan fingerprint density at radius 3 is 1.46 bits per heavy atom. The molecule has 0 N–H and O–H groups in total. The van der Waals surface area contributed by atoms with E-state index < -0.39 is 0 Å². The topological polar surface area (TPSA) is 100 Å². The van der Waals surface area contributed by atoms with Crippen LogP contribution in [0.15, 0.2) is 0 Å². The molecule has 0 amide bonds. The van der Waals surface area contributed by atoms with Crippen LogP contribution in [0, 0.1) is 0 Å². The van der Waals surface area contributed by atoms with Gasteiger partial charge in [0.2, 0.25) is 0 Å². The van der Waals surface area contributed by atoms with Crippen LogP contribution >= 0.6 is 0 Å². The van der Waals surface area contributed by atoms with Crippen molar-refractivity contribution in [3.63, 3.8) is 0 Å². The van der Waals surface area contributed by atoms with Gasteiger partial charge in [-0.05, 0) is 64.7 Å². The van der Waals surface area contributed by atoms with Crippen molar-refractivity contribution in [2.24, 2.45) is 0 Å². The molecule has 0 aliphatic carbocycles. The van der Waals surface area contributed by atoms with Gasteiger partial charge in [-0.3, -0.25) is 4.79 Å². The zero-order valence-electron chi connectivity index (χ0n) is 34.1. The summed E-state index contributed by atoms with van der Waals surface area (Å²) in [6.07, 6.45) is 28.4. The number of carbonyl (C=O) groups is 1. The molecule has 2 fully saturated rings. The lowest BCUT2D eigenvalue weighted by Crippen LogP contribution is -2.35. The fraction of sp³-hybridized carbons (Fsp3) is 0.976. The molecule has 2 rings (SSSR count). The third-order valence-corrected chi connectivity index (χ3v) is 10.7. The monoisotopic (exact) mass is 745 g/mol. The lowest BCUT2D eigenvalue weighted by atomic mass is 9.99. The second-order valence-electron chi connectivity index (χ2n) is 15.0. The van der Waals surface area contributed by atoms with Gasteiger partial charge in [0.05, 0.1) is 49.3 Å². The van der Waals surface area contributed by atoms with E-state index in [-0.39, 0.29) is 55.5 Å². The third kappa shape index (κ3) is 21.9. The molecule has 0 saturated carbocycles. The maximum Gasteiger partial charge on any atom is 0.305 e. The van der Waals surface area contributed by atoms with E-state index >= 15 is 0 Å². The van der Waals surface area contributed by atoms with Gasteiger partial charge >= 0.3 is 5.97 Å². The van der Waals surface area contributed by atoms with Crippen LogP contribution in [0.5, 0.6) is 0 Å². The molecule has 0 aromatic carbocycles. The Hall–Kier alpha value is -0.850. The van der Waals surface area contributed by atoms with Gasteiger partial charge in [0.15, 0.2) is 0 Å². The minimum atomic E-state index is -0.0770. The highest BCUT2D eigenvalue weighted by molar-refractivity contribution is 5.69. The first kappa shape index (κ1) is 47.3. The van der Waals surface area contributed by atoms with Crippen LogP contribution in [0.25, 0.3) is 0 Å². The molecular formula is C42H80O10. The molecule has 2 aliphatic heterocycles. The highest BCUT2D eigenvalue weighted by atomic mass is 16.7. The minimum Gasteiger partial charge on any atom is -0.466 e.